The van der Waals surface area contributed by atoms with Crippen molar-refractivity contribution in [1.29, 1.82) is 0 Å². The summed E-state index contributed by atoms with van der Waals surface area (Å²) >= 11 is 0. The summed E-state index contributed by atoms with van der Waals surface area (Å²) in [5.41, 5.74) is 2.89. The van der Waals surface area contributed by atoms with Crippen molar-refractivity contribution < 1.29 is 0 Å². The van der Waals surface area contributed by atoms with E-state index in [0.717, 1.165) is 19.1 Å². The fourth-order valence-electron chi connectivity index (χ4n) is 3.03. The molecule has 2 rings (SSSR count). The zero-order valence-electron chi connectivity index (χ0n) is 14.1. The van der Waals surface area contributed by atoms with Crippen molar-refractivity contribution in [3.05, 3.63) is 35.4 Å². The molecule has 1 fully saturated rings. The van der Waals surface area contributed by atoms with E-state index in [0.29, 0.717) is 6.04 Å². The largest absolute Gasteiger partial charge is 0.309 e. The van der Waals surface area contributed by atoms with E-state index in [2.05, 4.69) is 55.3 Å². The second-order valence-corrected chi connectivity index (χ2v) is 6.44. The number of hydrogen-bond acceptors (Lipinski definition) is 2. The molecule has 21 heavy (non-hydrogen) atoms. The molecule has 0 aliphatic heterocycles. The standard InChI is InChI=1S/C19H32N2/c1-4-6-14-21(17-11-12-17)15-19(20-13-5-2)18-10-8-7-9-16(18)3/h7-10,17,19-20H,4-6,11-15H2,1-3H3. The smallest absolute Gasteiger partial charge is 0.0452 e. The summed E-state index contributed by atoms with van der Waals surface area (Å²) in [7, 11) is 0. The van der Waals surface area contributed by atoms with E-state index in [1.54, 1.807) is 0 Å². The van der Waals surface area contributed by atoms with E-state index in [-0.39, 0.29) is 0 Å². The van der Waals surface area contributed by atoms with Crippen LogP contribution in [0, 0.1) is 6.92 Å². The van der Waals surface area contributed by atoms with Crippen LogP contribution in [-0.2, 0) is 0 Å². The summed E-state index contributed by atoms with van der Waals surface area (Å²) in [6.07, 6.45) is 6.61. The van der Waals surface area contributed by atoms with Gasteiger partial charge in [-0.05, 0) is 56.8 Å². The lowest BCUT2D eigenvalue weighted by Crippen LogP contribution is -2.37. The maximum Gasteiger partial charge on any atom is 0.0452 e. The monoisotopic (exact) mass is 288 g/mol. The summed E-state index contributed by atoms with van der Waals surface area (Å²) in [6.45, 7) is 10.3. The van der Waals surface area contributed by atoms with Gasteiger partial charge in [0, 0.05) is 18.6 Å². The molecule has 0 spiro atoms. The minimum absolute atomic E-state index is 0.476. The van der Waals surface area contributed by atoms with Crippen LogP contribution in [0.25, 0.3) is 0 Å². The average molecular weight is 288 g/mol. The quantitative estimate of drug-likeness (QED) is 0.690. The van der Waals surface area contributed by atoms with E-state index >= 15 is 0 Å². The van der Waals surface area contributed by atoms with Crippen LogP contribution in [0.5, 0.6) is 0 Å². The number of rotatable bonds is 10. The first kappa shape index (κ1) is 16.5. The molecular weight excluding hydrogens is 256 g/mol. The molecule has 2 nitrogen and oxygen atoms in total. The van der Waals surface area contributed by atoms with Crippen molar-refractivity contribution in [2.24, 2.45) is 0 Å². The van der Waals surface area contributed by atoms with Crippen molar-refractivity contribution in [1.82, 2.24) is 10.2 Å². The van der Waals surface area contributed by atoms with Crippen LogP contribution in [0.1, 0.15) is 63.1 Å². The van der Waals surface area contributed by atoms with E-state index in [9.17, 15) is 0 Å². The molecule has 0 aromatic heterocycles. The van der Waals surface area contributed by atoms with Crippen molar-refractivity contribution in [3.8, 4) is 0 Å². The molecule has 1 aromatic carbocycles. The SMILES string of the molecule is CCCCN(CC(NCCC)c1ccccc1C)C1CC1. The van der Waals surface area contributed by atoms with Gasteiger partial charge in [0.25, 0.3) is 0 Å². The third kappa shape index (κ3) is 5.12. The van der Waals surface area contributed by atoms with Crippen LogP contribution in [0.2, 0.25) is 0 Å². The predicted octanol–water partition coefficient (Wildman–Crippen LogP) is 4.30. The number of aryl methyl sites for hydroxylation is 1. The van der Waals surface area contributed by atoms with E-state index in [4.69, 9.17) is 0 Å². The van der Waals surface area contributed by atoms with E-state index in [1.165, 1.54) is 49.8 Å². The van der Waals surface area contributed by atoms with E-state index < -0.39 is 0 Å². The summed E-state index contributed by atoms with van der Waals surface area (Å²) in [6, 6.07) is 10.2. The van der Waals surface area contributed by atoms with Gasteiger partial charge in [0.05, 0.1) is 0 Å². The molecule has 118 valence electrons. The maximum atomic E-state index is 3.77. The van der Waals surface area contributed by atoms with Crippen molar-refractivity contribution in [3.63, 3.8) is 0 Å². The zero-order valence-corrected chi connectivity index (χ0v) is 14.1. The fraction of sp³-hybridized carbons (Fsp3) is 0.684. The second kappa shape index (κ2) is 8.55. The Bertz CT molecular complexity index is 412. The van der Waals surface area contributed by atoms with Crippen LogP contribution in [0.3, 0.4) is 0 Å². The lowest BCUT2D eigenvalue weighted by molar-refractivity contribution is 0.229. The minimum Gasteiger partial charge on any atom is -0.309 e. The van der Waals surface area contributed by atoms with Crippen molar-refractivity contribution >= 4 is 0 Å². The van der Waals surface area contributed by atoms with Gasteiger partial charge in [-0.2, -0.15) is 0 Å². The average Bonchev–Trinajstić information content (AvgIpc) is 3.32. The first-order valence-corrected chi connectivity index (χ1v) is 8.79. The highest BCUT2D eigenvalue weighted by Crippen LogP contribution is 2.29. The van der Waals surface area contributed by atoms with Gasteiger partial charge in [0.15, 0.2) is 0 Å². The van der Waals surface area contributed by atoms with Gasteiger partial charge in [-0.3, -0.25) is 4.90 Å². The first-order valence-electron chi connectivity index (χ1n) is 8.79. The van der Waals surface area contributed by atoms with E-state index in [1.807, 2.05) is 0 Å². The Morgan fingerprint density at radius 3 is 2.57 bits per heavy atom. The van der Waals surface area contributed by atoms with Crippen LogP contribution < -0.4 is 5.32 Å². The molecule has 1 saturated carbocycles. The molecule has 1 N–H and O–H groups in total. The molecule has 2 heteroatoms. The van der Waals surface area contributed by atoms with Gasteiger partial charge in [-0.15, -0.1) is 0 Å². The van der Waals surface area contributed by atoms with Gasteiger partial charge in [0.1, 0.15) is 0 Å². The fourth-order valence-corrected chi connectivity index (χ4v) is 3.03. The molecule has 0 heterocycles. The zero-order chi connectivity index (χ0) is 15.1. The predicted molar refractivity (Wildman–Crippen MR) is 91.7 cm³/mol. The Kier molecular flexibility index (Phi) is 6.72. The molecule has 0 bridgehead atoms. The molecule has 1 unspecified atom stereocenters. The minimum atomic E-state index is 0.476. The number of benzene rings is 1. The molecular formula is C19H32N2. The lowest BCUT2D eigenvalue weighted by atomic mass is 10.0. The van der Waals surface area contributed by atoms with Gasteiger partial charge in [-0.1, -0.05) is 44.5 Å². The highest BCUT2D eigenvalue weighted by molar-refractivity contribution is 5.29. The van der Waals surface area contributed by atoms with Gasteiger partial charge >= 0.3 is 0 Å². The topological polar surface area (TPSA) is 15.3 Å². The molecule has 0 amide bonds. The first-order chi connectivity index (χ1) is 10.3. The van der Waals surface area contributed by atoms with Crippen molar-refractivity contribution in [2.45, 2.75) is 65.0 Å². The van der Waals surface area contributed by atoms with Crippen LogP contribution in [0.15, 0.2) is 24.3 Å². The molecule has 1 atom stereocenters. The second-order valence-electron chi connectivity index (χ2n) is 6.44. The Labute approximate surface area is 130 Å². The highest BCUT2D eigenvalue weighted by Gasteiger charge is 2.30. The van der Waals surface area contributed by atoms with Crippen LogP contribution in [0.4, 0.5) is 0 Å². The summed E-state index contributed by atoms with van der Waals surface area (Å²) in [5, 5.41) is 3.77. The summed E-state index contributed by atoms with van der Waals surface area (Å²) < 4.78 is 0. The van der Waals surface area contributed by atoms with Gasteiger partial charge in [0.2, 0.25) is 0 Å². The third-order valence-electron chi connectivity index (χ3n) is 4.48. The molecule has 0 radical (unpaired) electrons. The Morgan fingerprint density at radius 2 is 1.95 bits per heavy atom. The van der Waals surface area contributed by atoms with Crippen LogP contribution in [-0.4, -0.2) is 30.6 Å². The molecule has 1 aliphatic rings. The number of nitrogens with zero attached hydrogens (tertiary/aromatic N) is 1. The summed E-state index contributed by atoms with van der Waals surface area (Å²) in [5.74, 6) is 0. The number of unbranched alkanes of at least 4 members (excludes halogenated alkanes) is 1. The molecule has 0 saturated heterocycles. The highest BCUT2D eigenvalue weighted by atomic mass is 15.2. The Balaban J connectivity index is 2.05. The summed E-state index contributed by atoms with van der Waals surface area (Å²) in [4.78, 5) is 2.73. The van der Waals surface area contributed by atoms with Gasteiger partial charge < -0.3 is 5.32 Å². The Hall–Kier alpha value is -0.860. The normalized spacial score (nSPS) is 16.4. The number of hydrogen-bond donors (Lipinski definition) is 1. The lowest BCUT2D eigenvalue weighted by Gasteiger charge is -2.29. The maximum absolute atomic E-state index is 3.77. The van der Waals surface area contributed by atoms with Gasteiger partial charge in [-0.25, -0.2) is 0 Å². The third-order valence-corrected chi connectivity index (χ3v) is 4.48. The molecule has 1 aromatic rings. The van der Waals surface area contributed by atoms with Crippen molar-refractivity contribution in [2.75, 3.05) is 19.6 Å². The number of nitrogens with one attached hydrogen (secondary N) is 1. The molecule has 1 aliphatic carbocycles. The van der Waals surface area contributed by atoms with Crippen LogP contribution >= 0.6 is 0 Å². The Morgan fingerprint density at radius 1 is 1.19 bits per heavy atom.